The van der Waals surface area contributed by atoms with Gasteiger partial charge >= 0.3 is 61.2 Å². The van der Waals surface area contributed by atoms with Crippen molar-refractivity contribution in [3.05, 3.63) is 0 Å². The Balaban J connectivity index is 2.77. The topological polar surface area (TPSA) is 66.0 Å². The van der Waals surface area contributed by atoms with E-state index in [1.165, 1.54) is 12.5 Å². The minimum atomic E-state index is -0.776. The SMILES string of the molecule is N#CO[Se][Te]OC#N. The Morgan fingerprint density at radius 2 is 2.12 bits per heavy atom. The van der Waals surface area contributed by atoms with Gasteiger partial charge in [-0.1, -0.05) is 0 Å². The molecular weight excluding hydrogens is 291 g/mol. The molecule has 8 heavy (non-hydrogen) atoms. The molecular formula is C2N2O2SeTe. The Labute approximate surface area is 61.1 Å². The number of nitrogens with zero attached hydrogens (tertiary/aromatic N) is 2. The summed E-state index contributed by atoms with van der Waals surface area (Å²) < 4.78 is 8.61. The van der Waals surface area contributed by atoms with E-state index in [0.717, 1.165) is 0 Å². The zero-order valence-electron chi connectivity index (χ0n) is 3.53. The van der Waals surface area contributed by atoms with Gasteiger partial charge in [0.25, 0.3) is 0 Å². The Hall–Kier alpha value is -0.111. The third kappa shape index (κ3) is 5.89. The van der Waals surface area contributed by atoms with Crippen LogP contribution in [0.15, 0.2) is 0 Å². The van der Waals surface area contributed by atoms with Crippen LogP contribution in [0.4, 0.5) is 0 Å². The van der Waals surface area contributed by atoms with Crippen LogP contribution in [-0.2, 0) is 6.92 Å². The first-order valence-corrected chi connectivity index (χ1v) is 8.65. The van der Waals surface area contributed by atoms with Crippen LogP contribution in [0.1, 0.15) is 0 Å². The van der Waals surface area contributed by atoms with Gasteiger partial charge in [0, 0.05) is 0 Å². The van der Waals surface area contributed by atoms with E-state index in [1.54, 1.807) is 0 Å². The van der Waals surface area contributed by atoms with Crippen LogP contribution in [0.2, 0.25) is 0 Å². The summed E-state index contributed by atoms with van der Waals surface area (Å²) in [5.74, 6) is 0. The van der Waals surface area contributed by atoms with Crippen molar-refractivity contribution in [1.82, 2.24) is 0 Å². The first-order valence-electron chi connectivity index (χ1n) is 1.36. The molecule has 0 rings (SSSR count). The van der Waals surface area contributed by atoms with Crippen molar-refractivity contribution in [2.75, 3.05) is 0 Å². The maximum absolute atomic E-state index is 7.80. The summed E-state index contributed by atoms with van der Waals surface area (Å²) in [6.07, 6.45) is 3.01. The van der Waals surface area contributed by atoms with Gasteiger partial charge in [-0.2, -0.15) is 0 Å². The number of hydrogen-bond acceptors (Lipinski definition) is 4. The third-order valence-corrected chi connectivity index (χ3v) is 3.78. The summed E-state index contributed by atoms with van der Waals surface area (Å²) in [6, 6.07) is 0. The van der Waals surface area contributed by atoms with Gasteiger partial charge in [0.2, 0.25) is 0 Å². The molecule has 0 fully saturated rings. The minimum absolute atomic E-state index is 0.199. The maximum atomic E-state index is 7.80. The van der Waals surface area contributed by atoms with Gasteiger partial charge in [0.15, 0.2) is 0 Å². The Bertz CT molecular complexity index is 111. The first-order chi connectivity index (χ1) is 3.91. The molecule has 0 spiro atoms. The van der Waals surface area contributed by atoms with Crippen LogP contribution >= 0.6 is 0 Å². The molecule has 0 atom stereocenters. The molecule has 0 aromatic carbocycles. The molecule has 0 N–H and O–H groups in total. The summed E-state index contributed by atoms with van der Waals surface area (Å²) in [4.78, 5) is 0. The zero-order chi connectivity index (χ0) is 6.24. The predicted octanol–water partition coefficient (Wildman–Crippen LogP) is -0.865. The zero-order valence-corrected chi connectivity index (χ0v) is 7.57. The van der Waals surface area contributed by atoms with Crippen LogP contribution in [0, 0.1) is 23.0 Å². The molecule has 4 nitrogen and oxygen atoms in total. The van der Waals surface area contributed by atoms with Gasteiger partial charge in [0.1, 0.15) is 0 Å². The van der Waals surface area contributed by atoms with Crippen molar-refractivity contribution in [3.63, 3.8) is 0 Å². The van der Waals surface area contributed by atoms with Crippen LogP contribution in [0.3, 0.4) is 0 Å². The van der Waals surface area contributed by atoms with E-state index < -0.39 is 19.1 Å². The molecule has 0 heterocycles. The fraction of sp³-hybridized carbons (Fsp3) is 0. The van der Waals surface area contributed by atoms with Crippen molar-refractivity contribution in [3.8, 4) is 12.5 Å². The molecule has 0 saturated carbocycles. The fourth-order valence-electron chi connectivity index (χ4n) is 0.0582. The van der Waals surface area contributed by atoms with E-state index in [4.69, 9.17) is 10.5 Å². The number of nitriles is 2. The van der Waals surface area contributed by atoms with E-state index in [2.05, 4.69) is 6.92 Å². The second-order valence-electron chi connectivity index (χ2n) is 0.485. The molecule has 0 aliphatic carbocycles. The molecule has 0 aromatic heterocycles. The summed E-state index contributed by atoms with van der Waals surface area (Å²) >= 11 is -0.975. The van der Waals surface area contributed by atoms with Gasteiger partial charge in [-0.3, -0.25) is 0 Å². The molecule has 6 heteroatoms. The number of hydrogen-bond donors (Lipinski definition) is 0. The van der Waals surface area contributed by atoms with Gasteiger partial charge in [-0.15, -0.1) is 0 Å². The quantitative estimate of drug-likeness (QED) is 0.385. The molecule has 0 aliphatic heterocycles. The van der Waals surface area contributed by atoms with Crippen molar-refractivity contribution in [2.24, 2.45) is 0 Å². The van der Waals surface area contributed by atoms with Crippen molar-refractivity contribution in [1.29, 1.82) is 10.5 Å². The standard InChI is InChI=1S/C2N2O2SeTe/c3-1-5-7-8-6-2-4. The average molecular weight is 291 g/mol. The normalized spacial score (nSPS) is 6.25. The van der Waals surface area contributed by atoms with E-state index in [0.29, 0.717) is 0 Å². The monoisotopic (exact) mass is 294 g/mol. The van der Waals surface area contributed by atoms with Crippen LogP contribution in [-0.4, -0.2) is 31.2 Å². The summed E-state index contributed by atoms with van der Waals surface area (Å²) in [7, 11) is 0. The summed E-state index contributed by atoms with van der Waals surface area (Å²) in [5.41, 5.74) is 0. The van der Waals surface area contributed by atoms with Gasteiger partial charge in [0.05, 0.1) is 0 Å². The van der Waals surface area contributed by atoms with E-state index >= 15 is 0 Å². The summed E-state index contributed by atoms with van der Waals surface area (Å²) in [6.45, 7) is 0. The second kappa shape index (κ2) is 6.89. The molecule has 0 saturated heterocycles. The summed E-state index contributed by atoms with van der Waals surface area (Å²) in [5, 5.41) is 15.6. The first kappa shape index (κ1) is 7.89. The fourth-order valence-corrected chi connectivity index (χ4v) is 2.03. The number of rotatable bonds is 3. The van der Waals surface area contributed by atoms with Gasteiger partial charge in [-0.25, -0.2) is 0 Å². The van der Waals surface area contributed by atoms with Crippen LogP contribution < -0.4 is 0 Å². The Morgan fingerprint density at radius 1 is 1.38 bits per heavy atom. The molecule has 42 valence electrons. The van der Waals surface area contributed by atoms with Crippen molar-refractivity contribution in [2.45, 2.75) is 0 Å². The average Bonchev–Trinajstić information content (AvgIpc) is 1.81. The van der Waals surface area contributed by atoms with Crippen molar-refractivity contribution >= 4 is 31.2 Å². The van der Waals surface area contributed by atoms with Crippen molar-refractivity contribution < 1.29 is 6.92 Å². The van der Waals surface area contributed by atoms with E-state index in [9.17, 15) is 0 Å². The molecule has 0 aromatic rings. The predicted molar refractivity (Wildman–Crippen MR) is 24.9 cm³/mol. The van der Waals surface area contributed by atoms with Crippen LogP contribution in [0.25, 0.3) is 0 Å². The Kier molecular flexibility index (Phi) is 6.79. The van der Waals surface area contributed by atoms with Gasteiger partial charge in [-0.05, 0) is 0 Å². The van der Waals surface area contributed by atoms with Gasteiger partial charge < -0.3 is 0 Å². The van der Waals surface area contributed by atoms with E-state index in [1.807, 2.05) is 0 Å². The molecule has 0 unspecified atom stereocenters. The van der Waals surface area contributed by atoms with E-state index in [-0.39, 0.29) is 12.1 Å². The third-order valence-electron chi connectivity index (χ3n) is 0.170. The second-order valence-corrected chi connectivity index (χ2v) is 5.92. The molecule has 0 bridgehead atoms. The molecule has 0 radical (unpaired) electrons. The Morgan fingerprint density at radius 3 is 2.62 bits per heavy atom. The van der Waals surface area contributed by atoms with Crippen LogP contribution in [0.5, 0.6) is 0 Å². The molecule has 0 amide bonds. The molecule has 0 aliphatic rings.